The molecule has 0 aliphatic carbocycles. The number of esters is 3. The lowest BCUT2D eigenvalue weighted by Gasteiger charge is -2.18. The number of hydrogen-bond donors (Lipinski definition) is 0. The summed E-state index contributed by atoms with van der Waals surface area (Å²) in [4.78, 5) is 38.0. The molecule has 0 aromatic rings. The predicted molar refractivity (Wildman–Crippen MR) is 265 cm³/mol. The second-order valence-corrected chi connectivity index (χ2v) is 17.4. The quantitative estimate of drug-likeness (QED) is 0.0262. The van der Waals surface area contributed by atoms with Gasteiger partial charge in [-0.25, -0.2) is 0 Å². The highest BCUT2D eigenvalue weighted by molar-refractivity contribution is 5.71. The lowest BCUT2D eigenvalue weighted by atomic mass is 10.0. The van der Waals surface area contributed by atoms with Crippen molar-refractivity contribution in [3.8, 4) is 0 Å². The van der Waals surface area contributed by atoms with Gasteiger partial charge in [-0.3, -0.25) is 14.4 Å². The number of carbonyl (C=O) groups excluding carboxylic acids is 3. The van der Waals surface area contributed by atoms with Crippen LogP contribution in [0.4, 0.5) is 0 Å². The maximum Gasteiger partial charge on any atom is 0.306 e. The molecule has 358 valence electrons. The van der Waals surface area contributed by atoms with Gasteiger partial charge in [0.25, 0.3) is 0 Å². The Morgan fingerprint density at radius 1 is 0.339 bits per heavy atom. The number of unbranched alkanes of at least 4 members (excludes halogenated alkanes) is 26. The van der Waals surface area contributed by atoms with E-state index < -0.39 is 6.10 Å². The zero-order valence-electron chi connectivity index (χ0n) is 40.9. The van der Waals surface area contributed by atoms with E-state index in [1.165, 1.54) is 141 Å². The molecule has 0 heterocycles. The van der Waals surface area contributed by atoms with Gasteiger partial charge in [0.05, 0.1) is 0 Å². The highest BCUT2D eigenvalue weighted by Gasteiger charge is 2.19. The Morgan fingerprint density at radius 2 is 0.629 bits per heavy atom. The molecule has 0 N–H and O–H groups in total. The highest BCUT2D eigenvalue weighted by atomic mass is 16.6. The van der Waals surface area contributed by atoms with Crippen LogP contribution in [0.1, 0.15) is 258 Å². The summed E-state index contributed by atoms with van der Waals surface area (Å²) in [6.45, 7) is 6.48. The minimum Gasteiger partial charge on any atom is -0.462 e. The maximum atomic E-state index is 12.8. The van der Waals surface area contributed by atoms with E-state index in [-0.39, 0.29) is 37.5 Å². The second-order valence-electron chi connectivity index (χ2n) is 17.4. The van der Waals surface area contributed by atoms with Crippen LogP contribution in [0.3, 0.4) is 0 Å². The van der Waals surface area contributed by atoms with Gasteiger partial charge in [-0.1, -0.05) is 248 Å². The molecule has 0 radical (unpaired) electrons. The van der Waals surface area contributed by atoms with Crippen LogP contribution in [0, 0.1) is 0 Å². The van der Waals surface area contributed by atoms with E-state index >= 15 is 0 Å². The first-order valence-electron chi connectivity index (χ1n) is 26.3. The predicted octanol–water partition coefficient (Wildman–Crippen LogP) is 17.3. The SMILES string of the molecule is CC/C=C\C/C=C\C/C=C\C/C=C\C/C=C\CCC(=O)OCC(COC(=O)CCCCCCCCCCCCCCCC)OC(=O)CCCCCCCCCCCCCCCC. The molecule has 0 bridgehead atoms. The third-order valence-corrected chi connectivity index (χ3v) is 11.3. The molecule has 0 aromatic heterocycles. The van der Waals surface area contributed by atoms with E-state index in [4.69, 9.17) is 14.2 Å². The van der Waals surface area contributed by atoms with E-state index in [0.717, 1.165) is 70.6 Å². The second kappa shape index (κ2) is 50.8. The van der Waals surface area contributed by atoms with Crippen molar-refractivity contribution in [2.75, 3.05) is 13.2 Å². The van der Waals surface area contributed by atoms with Crippen molar-refractivity contribution in [1.82, 2.24) is 0 Å². The Hall–Kier alpha value is -2.89. The van der Waals surface area contributed by atoms with Crippen LogP contribution >= 0.6 is 0 Å². The van der Waals surface area contributed by atoms with E-state index in [9.17, 15) is 14.4 Å². The zero-order chi connectivity index (χ0) is 45.1. The van der Waals surface area contributed by atoms with Crippen LogP contribution in [0.2, 0.25) is 0 Å². The third kappa shape index (κ3) is 48.1. The molecule has 0 amide bonds. The van der Waals surface area contributed by atoms with Crippen molar-refractivity contribution in [3.63, 3.8) is 0 Å². The summed E-state index contributed by atoms with van der Waals surface area (Å²) in [7, 11) is 0. The molecule has 6 nitrogen and oxygen atoms in total. The van der Waals surface area contributed by atoms with Gasteiger partial charge in [0.2, 0.25) is 0 Å². The van der Waals surface area contributed by atoms with E-state index in [1.807, 2.05) is 6.08 Å². The lowest BCUT2D eigenvalue weighted by Crippen LogP contribution is -2.30. The number of rotatable bonds is 47. The smallest absolute Gasteiger partial charge is 0.306 e. The van der Waals surface area contributed by atoms with Crippen LogP contribution in [0.5, 0.6) is 0 Å². The monoisotopic (exact) mass is 867 g/mol. The molecular weight excluding hydrogens is 769 g/mol. The summed E-state index contributed by atoms with van der Waals surface area (Å²) in [5, 5.41) is 0. The topological polar surface area (TPSA) is 78.9 Å². The van der Waals surface area contributed by atoms with Crippen molar-refractivity contribution in [3.05, 3.63) is 60.8 Å². The Balaban J connectivity index is 4.46. The molecule has 6 heteroatoms. The van der Waals surface area contributed by atoms with Crippen molar-refractivity contribution in [2.24, 2.45) is 0 Å². The summed E-state index contributed by atoms with van der Waals surface area (Å²) in [5.41, 5.74) is 0. The molecule has 1 atom stereocenters. The van der Waals surface area contributed by atoms with Gasteiger partial charge in [-0.15, -0.1) is 0 Å². The number of hydrogen-bond acceptors (Lipinski definition) is 6. The van der Waals surface area contributed by atoms with Crippen LogP contribution < -0.4 is 0 Å². The molecule has 0 saturated heterocycles. The third-order valence-electron chi connectivity index (χ3n) is 11.3. The highest BCUT2D eigenvalue weighted by Crippen LogP contribution is 2.16. The van der Waals surface area contributed by atoms with Crippen molar-refractivity contribution < 1.29 is 28.6 Å². The van der Waals surface area contributed by atoms with Crippen LogP contribution in [-0.4, -0.2) is 37.2 Å². The molecule has 1 unspecified atom stereocenters. The summed E-state index contributed by atoms with van der Waals surface area (Å²) in [6.07, 6.45) is 62.1. The fraction of sp³-hybridized carbons (Fsp3) is 0.768. The molecule has 0 spiro atoms. The maximum absolute atomic E-state index is 12.8. The molecule has 62 heavy (non-hydrogen) atoms. The summed E-state index contributed by atoms with van der Waals surface area (Å²) >= 11 is 0. The Labute approximate surface area is 383 Å². The van der Waals surface area contributed by atoms with E-state index in [1.54, 1.807) is 0 Å². The van der Waals surface area contributed by atoms with Crippen LogP contribution in [0.25, 0.3) is 0 Å². The minimum absolute atomic E-state index is 0.0933. The van der Waals surface area contributed by atoms with Crippen molar-refractivity contribution in [2.45, 2.75) is 264 Å². The molecule has 0 fully saturated rings. The minimum atomic E-state index is -0.799. The van der Waals surface area contributed by atoms with Gasteiger partial charge < -0.3 is 14.2 Å². The van der Waals surface area contributed by atoms with Gasteiger partial charge in [0.1, 0.15) is 13.2 Å². The van der Waals surface area contributed by atoms with E-state index in [2.05, 4.69) is 75.5 Å². The zero-order valence-corrected chi connectivity index (χ0v) is 40.9. The largest absolute Gasteiger partial charge is 0.462 e. The average molecular weight is 867 g/mol. The number of ether oxygens (including phenoxy) is 3. The van der Waals surface area contributed by atoms with Crippen molar-refractivity contribution in [1.29, 1.82) is 0 Å². The first-order chi connectivity index (χ1) is 30.5. The van der Waals surface area contributed by atoms with Gasteiger partial charge in [-0.05, 0) is 51.4 Å². The van der Waals surface area contributed by atoms with Crippen LogP contribution in [0.15, 0.2) is 60.8 Å². The molecule has 0 aromatic carbocycles. The van der Waals surface area contributed by atoms with E-state index in [0.29, 0.717) is 19.3 Å². The molecule has 0 rings (SSSR count). The van der Waals surface area contributed by atoms with Gasteiger partial charge in [0.15, 0.2) is 6.10 Å². The normalized spacial score (nSPS) is 12.5. The number of carbonyl (C=O) groups is 3. The average Bonchev–Trinajstić information content (AvgIpc) is 3.27. The summed E-state index contributed by atoms with van der Waals surface area (Å²) in [6, 6.07) is 0. The number of allylic oxidation sites excluding steroid dienone is 10. The Kier molecular flexibility index (Phi) is 48.4. The standard InChI is InChI=1S/C56H98O6/c1-4-7-10-13-16-19-22-25-28-29-32-34-37-40-43-46-49-55(58)61-52-53(62-56(59)50-47-44-41-38-35-31-27-24-21-18-15-12-9-6-3)51-60-54(57)48-45-42-39-36-33-30-26-23-20-17-14-11-8-5-2/h7,10,16,19,25,28,32,34,40,43,53H,4-6,8-9,11-15,17-18,20-24,26-27,29-31,33,35-39,41-42,44-52H2,1-3H3/b10-7-,19-16-,28-25-,34-32-,43-40-. The van der Waals surface area contributed by atoms with Gasteiger partial charge >= 0.3 is 17.9 Å². The summed E-state index contributed by atoms with van der Waals surface area (Å²) < 4.78 is 16.7. The lowest BCUT2D eigenvalue weighted by molar-refractivity contribution is -0.166. The Bertz CT molecular complexity index is 1130. The summed E-state index contributed by atoms with van der Waals surface area (Å²) in [5.74, 6) is -0.971. The molecule has 0 aliphatic heterocycles. The Morgan fingerprint density at radius 3 is 0.984 bits per heavy atom. The fourth-order valence-corrected chi connectivity index (χ4v) is 7.37. The van der Waals surface area contributed by atoms with Gasteiger partial charge in [-0.2, -0.15) is 0 Å². The van der Waals surface area contributed by atoms with Crippen LogP contribution in [-0.2, 0) is 28.6 Å². The molecular formula is C56H98O6. The first-order valence-corrected chi connectivity index (χ1v) is 26.3. The van der Waals surface area contributed by atoms with Gasteiger partial charge in [0, 0.05) is 19.3 Å². The first kappa shape index (κ1) is 59.1. The fourth-order valence-electron chi connectivity index (χ4n) is 7.37. The van der Waals surface area contributed by atoms with Crippen molar-refractivity contribution >= 4 is 17.9 Å². The molecule has 0 saturated carbocycles. The molecule has 0 aliphatic rings.